The molecule has 2 rings (SSSR count). The number of amides is 1. The molecule has 0 saturated heterocycles. The predicted octanol–water partition coefficient (Wildman–Crippen LogP) is 2.68. The number of nitrogens with zero attached hydrogens (tertiary/aromatic N) is 1. The van der Waals surface area contributed by atoms with E-state index in [0.717, 1.165) is 11.3 Å². The van der Waals surface area contributed by atoms with Crippen molar-refractivity contribution < 1.29 is 9.53 Å². The topological polar surface area (TPSA) is 63.2 Å². The Labute approximate surface area is 131 Å². The van der Waals surface area contributed by atoms with Gasteiger partial charge in [0.25, 0.3) is 0 Å². The van der Waals surface area contributed by atoms with Crippen LogP contribution in [-0.2, 0) is 4.79 Å². The summed E-state index contributed by atoms with van der Waals surface area (Å²) in [5.74, 6) is 0.463. The number of anilines is 1. The third-order valence-corrected chi connectivity index (χ3v) is 3.33. The van der Waals surface area contributed by atoms with Gasteiger partial charge in [0.15, 0.2) is 10.2 Å². The molecule has 1 amide bonds. The minimum absolute atomic E-state index is 0.217. The van der Waals surface area contributed by atoms with Gasteiger partial charge in [0.05, 0.1) is 7.11 Å². The van der Waals surface area contributed by atoms with E-state index in [1.165, 1.54) is 17.4 Å². The maximum absolute atomic E-state index is 11.7. The van der Waals surface area contributed by atoms with E-state index in [0.29, 0.717) is 5.13 Å². The van der Waals surface area contributed by atoms with Crippen LogP contribution in [0.5, 0.6) is 5.75 Å². The van der Waals surface area contributed by atoms with Crippen molar-refractivity contribution in [1.29, 1.82) is 0 Å². The van der Waals surface area contributed by atoms with Crippen LogP contribution in [0.1, 0.15) is 5.56 Å². The second kappa shape index (κ2) is 7.51. The lowest BCUT2D eigenvalue weighted by molar-refractivity contribution is -0.115. The highest BCUT2D eigenvalue weighted by molar-refractivity contribution is 7.80. The number of aromatic nitrogens is 1. The number of hydrogen-bond acceptors (Lipinski definition) is 5. The zero-order chi connectivity index (χ0) is 15.1. The van der Waals surface area contributed by atoms with Crippen LogP contribution in [0.3, 0.4) is 0 Å². The Hall–Kier alpha value is -2.25. The van der Waals surface area contributed by atoms with Gasteiger partial charge in [0.1, 0.15) is 5.75 Å². The highest BCUT2D eigenvalue weighted by Crippen LogP contribution is 2.12. The molecular formula is C14H13N3O2S2. The Morgan fingerprint density at radius 3 is 2.76 bits per heavy atom. The molecule has 0 aliphatic heterocycles. The van der Waals surface area contributed by atoms with Crippen molar-refractivity contribution in [3.63, 3.8) is 0 Å². The first-order valence-corrected chi connectivity index (χ1v) is 7.30. The molecule has 0 saturated carbocycles. The molecule has 0 bridgehead atoms. The first-order chi connectivity index (χ1) is 10.2. The lowest BCUT2D eigenvalue weighted by Gasteiger charge is -2.04. The molecule has 1 aromatic carbocycles. The van der Waals surface area contributed by atoms with Crippen molar-refractivity contribution in [2.75, 3.05) is 12.4 Å². The molecule has 108 valence electrons. The molecule has 2 aromatic rings. The number of thiazole rings is 1. The van der Waals surface area contributed by atoms with E-state index in [1.54, 1.807) is 19.4 Å². The zero-order valence-electron chi connectivity index (χ0n) is 11.2. The molecule has 1 aromatic heterocycles. The maximum atomic E-state index is 11.7. The summed E-state index contributed by atoms with van der Waals surface area (Å²) in [6, 6.07) is 7.36. The summed E-state index contributed by atoms with van der Waals surface area (Å²) in [7, 11) is 1.61. The SMILES string of the molecule is COc1ccc(C=CC(=O)NC(=S)Nc2nccs2)cc1. The molecule has 2 N–H and O–H groups in total. The molecule has 0 aliphatic rings. The number of methoxy groups -OCH3 is 1. The fourth-order valence-electron chi connectivity index (χ4n) is 1.45. The summed E-state index contributed by atoms with van der Waals surface area (Å²) >= 11 is 6.42. The summed E-state index contributed by atoms with van der Waals surface area (Å²) in [6.45, 7) is 0. The molecule has 7 heteroatoms. The minimum atomic E-state index is -0.306. The highest BCUT2D eigenvalue weighted by Gasteiger charge is 2.02. The lowest BCUT2D eigenvalue weighted by atomic mass is 10.2. The van der Waals surface area contributed by atoms with Gasteiger partial charge in [0.2, 0.25) is 5.91 Å². The Bertz CT molecular complexity index is 637. The fourth-order valence-corrected chi connectivity index (χ4v) is 2.25. The van der Waals surface area contributed by atoms with Crippen LogP contribution in [0.25, 0.3) is 6.08 Å². The van der Waals surface area contributed by atoms with Crippen LogP contribution in [0.15, 0.2) is 41.9 Å². The molecule has 21 heavy (non-hydrogen) atoms. The third kappa shape index (κ3) is 4.97. The fraction of sp³-hybridized carbons (Fsp3) is 0.0714. The summed E-state index contributed by atoms with van der Waals surface area (Å²) in [6.07, 6.45) is 4.76. The summed E-state index contributed by atoms with van der Waals surface area (Å²) in [5.41, 5.74) is 0.893. The van der Waals surface area contributed by atoms with Crippen LogP contribution in [0, 0.1) is 0 Å². The van der Waals surface area contributed by atoms with Gasteiger partial charge in [-0.3, -0.25) is 10.1 Å². The monoisotopic (exact) mass is 319 g/mol. The molecule has 0 fully saturated rings. The molecule has 0 spiro atoms. The van der Waals surface area contributed by atoms with Gasteiger partial charge in [-0.15, -0.1) is 11.3 Å². The van der Waals surface area contributed by atoms with Crippen LogP contribution >= 0.6 is 23.6 Å². The van der Waals surface area contributed by atoms with Gasteiger partial charge in [-0.25, -0.2) is 4.98 Å². The highest BCUT2D eigenvalue weighted by atomic mass is 32.1. The number of hydrogen-bond donors (Lipinski definition) is 2. The van der Waals surface area contributed by atoms with Gasteiger partial charge in [-0.1, -0.05) is 12.1 Å². The van der Waals surface area contributed by atoms with Crippen molar-refractivity contribution in [3.05, 3.63) is 47.5 Å². The standard InChI is InChI=1S/C14H13N3O2S2/c1-19-11-5-2-10(3-6-11)4-7-12(18)16-13(20)17-14-15-8-9-21-14/h2-9H,1H3,(H2,15,16,17,18,20). The average molecular weight is 319 g/mol. The lowest BCUT2D eigenvalue weighted by Crippen LogP contribution is -2.32. The van der Waals surface area contributed by atoms with E-state index < -0.39 is 0 Å². The molecule has 0 atom stereocenters. The quantitative estimate of drug-likeness (QED) is 0.670. The summed E-state index contributed by atoms with van der Waals surface area (Å²) in [5, 5.41) is 8.04. The van der Waals surface area contributed by atoms with Crippen LogP contribution < -0.4 is 15.4 Å². The predicted molar refractivity (Wildman–Crippen MR) is 88.5 cm³/mol. The Kier molecular flexibility index (Phi) is 5.42. The van der Waals surface area contributed by atoms with E-state index >= 15 is 0 Å². The number of benzene rings is 1. The second-order valence-electron chi connectivity index (χ2n) is 3.89. The van der Waals surface area contributed by atoms with Crippen LogP contribution in [0.4, 0.5) is 5.13 Å². The van der Waals surface area contributed by atoms with Crippen molar-refractivity contribution in [2.24, 2.45) is 0 Å². The van der Waals surface area contributed by atoms with Crippen LogP contribution in [0.2, 0.25) is 0 Å². The molecule has 5 nitrogen and oxygen atoms in total. The van der Waals surface area contributed by atoms with E-state index in [9.17, 15) is 4.79 Å². The van der Waals surface area contributed by atoms with E-state index in [1.807, 2.05) is 29.6 Å². The zero-order valence-corrected chi connectivity index (χ0v) is 12.8. The molecule has 0 aliphatic carbocycles. The van der Waals surface area contributed by atoms with E-state index in [4.69, 9.17) is 17.0 Å². The van der Waals surface area contributed by atoms with E-state index in [-0.39, 0.29) is 11.0 Å². The Morgan fingerprint density at radius 1 is 1.38 bits per heavy atom. The average Bonchev–Trinajstić information content (AvgIpc) is 2.98. The number of ether oxygens (including phenoxy) is 1. The van der Waals surface area contributed by atoms with Crippen molar-refractivity contribution in [2.45, 2.75) is 0 Å². The molecule has 1 heterocycles. The smallest absolute Gasteiger partial charge is 0.250 e. The first-order valence-electron chi connectivity index (χ1n) is 6.01. The largest absolute Gasteiger partial charge is 0.497 e. The molecular weight excluding hydrogens is 306 g/mol. The maximum Gasteiger partial charge on any atom is 0.250 e. The third-order valence-electron chi connectivity index (χ3n) is 2.43. The summed E-state index contributed by atoms with van der Waals surface area (Å²) < 4.78 is 5.06. The number of carbonyl (C=O) groups is 1. The van der Waals surface area contributed by atoms with Crippen molar-refractivity contribution in [3.8, 4) is 5.75 Å². The first kappa shape index (κ1) is 15.1. The second-order valence-corrected chi connectivity index (χ2v) is 5.19. The van der Waals surface area contributed by atoms with Gasteiger partial charge in [-0.05, 0) is 36.0 Å². The number of carbonyl (C=O) groups excluding carboxylic acids is 1. The number of nitrogens with one attached hydrogen (secondary N) is 2. The van der Waals surface area contributed by atoms with Gasteiger partial charge >= 0.3 is 0 Å². The number of thiocarbonyl (C=S) groups is 1. The molecule has 0 radical (unpaired) electrons. The normalized spacial score (nSPS) is 10.3. The summed E-state index contributed by atoms with van der Waals surface area (Å²) in [4.78, 5) is 15.7. The van der Waals surface area contributed by atoms with E-state index in [2.05, 4.69) is 15.6 Å². The number of rotatable bonds is 4. The van der Waals surface area contributed by atoms with Crippen molar-refractivity contribution >= 4 is 45.8 Å². The van der Waals surface area contributed by atoms with Gasteiger partial charge in [-0.2, -0.15) is 0 Å². The van der Waals surface area contributed by atoms with Gasteiger partial charge < -0.3 is 10.1 Å². The minimum Gasteiger partial charge on any atom is -0.497 e. The Morgan fingerprint density at radius 2 is 2.14 bits per heavy atom. The molecule has 0 unspecified atom stereocenters. The van der Waals surface area contributed by atoms with Crippen molar-refractivity contribution in [1.82, 2.24) is 10.3 Å². The van der Waals surface area contributed by atoms with Gasteiger partial charge in [0, 0.05) is 17.7 Å². The Balaban J connectivity index is 1.85. The van der Waals surface area contributed by atoms with Crippen LogP contribution in [-0.4, -0.2) is 23.1 Å².